The van der Waals surface area contributed by atoms with E-state index < -0.39 is 0 Å². The number of anilines is 1. The maximum absolute atomic E-state index is 14.3. The van der Waals surface area contributed by atoms with E-state index in [0.29, 0.717) is 12.2 Å². The third-order valence-electron chi connectivity index (χ3n) is 6.10. The van der Waals surface area contributed by atoms with Crippen molar-refractivity contribution in [3.8, 4) is 0 Å². The maximum Gasteiger partial charge on any atom is 0.174 e. The second-order valence-corrected chi connectivity index (χ2v) is 8.13. The number of hydrogen-bond acceptors (Lipinski definition) is 6. The third-order valence-corrected chi connectivity index (χ3v) is 6.10. The van der Waals surface area contributed by atoms with Crippen LogP contribution in [0.1, 0.15) is 23.1 Å². The Hall–Kier alpha value is -3.65. The minimum Gasteiger partial charge on any atom is -0.367 e. The molecule has 0 amide bonds. The number of aryl methyl sites for hydroxylation is 2. The molecule has 2 aromatic heterocycles. The largest absolute Gasteiger partial charge is 0.367 e. The maximum atomic E-state index is 14.3. The van der Waals surface area contributed by atoms with Gasteiger partial charge in [0, 0.05) is 38.9 Å². The molecule has 8 heteroatoms. The van der Waals surface area contributed by atoms with Crippen LogP contribution >= 0.6 is 0 Å². The van der Waals surface area contributed by atoms with E-state index in [-0.39, 0.29) is 11.9 Å². The smallest absolute Gasteiger partial charge is 0.174 e. The Morgan fingerprint density at radius 2 is 1.61 bits per heavy atom. The lowest BCUT2D eigenvalue weighted by Gasteiger charge is -2.39. The lowest BCUT2D eigenvalue weighted by molar-refractivity contribution is 0.197. The lowest BCUT2D eigenvalue weighted by Crippen LogP contribution is -2.48. The molecule has 0 radical (unpaired) electrons. The molecule has 1 atom stereocenters. The quantitative estimate of drug-likeness (QED) is 0.437. The highest BCUT2D eigenvalue weighted by atomic mass is 19.1. The number of tetrazole rings is 1. The van der Waals surface area contributed by atoms with E-state index in [1.54, 1.807) is 12.3 Å². The number of piperazine rings is 1. The number of hydrogen-bond donors (Lipinski definition) is 0. The van der Waals surface area contributed by atoms with Crippen molar-refractivity contribution in [1.29, 1.82) is 0 Å². The van der Waals surface area contributed by atoms with Crippen LogP contribution in [0.25, 0.3) is 0 Å². The van der Waals surface area contributed by atoms with Crippen molar-refractivity contribution in [2.24, 2.45) is 0 Å². The number of benzene rings is 2. The summed E-state index contributed by atoms with van der Waals surface area (Å²) in [6.07, 6.45) is 2.64. The number of rotatable bonds is 7. The van der Waals surface area contributed by atoms with Gasteiger partial charge in [0.2, 0.25) is 0 Å². The van der Waals surface area contributed by atoms with Crippen LogP contribution in [0.3, 0.4) is 0 Å². The van der Waals surface area contributed by atoms with Gasteiger partial charge in [-0.1, -0.05) is 48.5 Å². The first-order chi connectivity index (χ1) is 16.3. The molecule has 7 nitrogen and oxygen atoms in total. The Kier molecular flexibility index (Phi) is 6.34. The van der Waals surface area contributed by atoms with Gasteiger partial charge in [0.25, 0.3) is 0 Å². The molecule has 33 heavy (non-hydrogen) atoms. The predicted molar refractivity (Wildman–Crippen MR) is 124 cm³/mol. The summed E-state index contributed by atoms with van der Waals surface area (Å²) in [6.45, 7) is 3.62. The average Bonchev–Trinajstić information content (AvgIpc) is 3.33. The Labute approximate surface area is 192 Å². The molecule has 0 bridgehead atoms. The number of para-hydroxylation sites is 1. The standard InChI is InChI=1S/C25H26FN7/c26-21-10-4-5-12-23(21)31-16-18-32(19-17-31)24(22-11-6-7-14-27-22)25-28-29-30-33(25)15-13-20-8-2-1-3-9-20/h1-12,14,24H,13,15-19H2. The molecule has 4 aromatic rings. The zero-order valence-corrected chi connectivity index (χ0v) is 18.3. The molecule has 0 saturated carbocycles. The second kappa shape index (κ2) is 9.87. The third kappa shape index (κ3) is 4.75. The van der Waals surface area contributed by atoms with Gasteiger partial charge in [0.1, 0.15) is 11.9 Å². The van der Waals surface area contributed by atoms with E-state index >= 15 is 0 Å². The highest BCUT2D eigenvalue weighted by Crippen LogP contribution is 2.28. The van der Waals surface area contributed by atoms with Crippen LogP contribution in [0.5, 0.6) is 0 Å². The van der Waals surface area contributed by atoms with Crippen LogP contribution in [0.15, 0.2) is 79.0 Å². The molecule has 1 unspecified atom stereocenters. The molecule has 1 aliphatic rings. The summed E-state index contributed by atoms with van der Waals surface area (Å²) in [6, 6.07) is 23.0. The molecule has 5 rings (SSSR count). The van der Waals surface area contributed by atoms with Gasteiger partial charge in [-0.05, 0) is 46.7 Å². The summed E-state index contributed by atoms with van der Waals surface area (Å²) in [5, 5.41) is 12.7. The molecular weight excluding hydrogens is 417 g/mol. The minimum absolute atomic E-state index is 0.167. The molecule has 1 fully saturated rings. The van der Waals surface area contributed by atoms with E-state index in [4.69, 9.17) is 0 Å². The summed E-state index contributed by atoms with van der Waals surface area (Å²) in [5.41, 5.74) is 2.80. The molecule has 0 N–H and O–H groups in total. The van der Waals surface area contributed by atoms with Crippen molar-refractivity contribution in [1.82, 2.24) is 30.1 Å². The van der Waals surface area contributed by atoms with E-state index in [1.165, 1.54) is 11.6 Å². The van der Waals surface area contributed by atoms with Crippen LogP contribution in [0.4, 0.5) is 10.1 Å². The fourth-order valence-electron chi connectivity index (χ4n) is 4.40. The van der Waals surface area contributed by atoms with Crippen LogP contribution in [-0.2, 0) is 13.0 Å². The van der Waals surface area contributed by atoms with Crippen molar-refractivity contribution in [3.63, 3.8) is 0 Å². The Bertz CT molecular complexity index is 1160. The van der Waals surface area contributed by atoms with Crippen LogP contribution < -0.4 is 4.90 Å². The first-order valence-corrected chi connectivity index (χ1v) is 11.2. The van der Waals surface area contributed by atoms with Crippen LogP contribution in [0.2, 0.25) is 0 Å². The van der Waals surface area contributed by atoms with Crippen molar-refractivity contribution < 1.29 is 4.39 Å². The summed E-state index contributed by atoms with van der Waals surface area (Å²) in [4.78, 5) is 9.07. The summed E-state index contributed by atoms with van der Waals surface area (Å²) in [5.74, 6) is 0.598. The fraction of sp³-hybridized carbons (Fsp3) is 0.280. The monoisotopic (exact) mass is 443 g/mol. The fourth-order valence-corrected chi connectivity index (χ4v) is 4.40. The van der Waals surface area contributed by atoms with E-state index in [2.05, 4.69) is 42.4 Å². The van der Waals surface area contributed by atoms with E-state index in [0.717, 1.165) is 44.1 Å². The normalized spacial score (nSPS) is 15.5. The van der Waals surface area contributed by atoms with Crippen molar-refractivity contribution >= 4 is 5.69 Å². The molecule has 1 saturated heterocycles. The highest BCUT2D eigenvalue weighted by Gasteiger charge is 2.31. The zero-order valence-electron chi connectivity index (χ0n) is 18.3. The number of nitrogens with zero attached hydrogens (tertiary/aromatic N) is 7. The predicted octanol–water partition coefficient (Wildman–Crippen LogP) is 3.36. The molecule has 3 heterocycles. The van der Waals surface area contributed by atoms with Crippen LogP contribution in [0, 0.1) is 5.82 Å². The number of halogens is 1. The van der Waals surface area contributed by atoms with Crippen LogP contribution in [-0.4, -0.2) is 56.3 Å². The van der Waals surface area contributed by atoms with Gasteiger partial charge >= 0.3 is 0 Å². The van der Waals surface area contributed by atoms with Crippen molar-refractivity contribution in [3.05, 3.63) is 102 Å². The SMILES string of the molecule is Fc1ccccc1N1CCN(C(c2ccccn2)c2nnnn2CCc2ccccc2)CC1. The molecule has 0 spiro atoms. The molecule has 2 aromatic carbocycles. The molecular formula is C25H26FN7. The van der Waals surface area contributed by atoms with Gasteiger partial charge in [-0.2, -0.15) is 0 Å². The van der Waals surface area contributed by atoms with Gasteiger partial charge in [-0.25, -0.2) is 9.07 Å². The molecule has 1 aliphatic heterocycles. The first kappa shape index (κ1) is 21.2. The number of aromatic nitrogens is 5. The number of pyridine rings is 1. The molecule has 168 valence electrons. The average molecular weight is 444 g/mol. The van der Waals surface area contributed by atoms with Crippen molar-refractivity contribution in [2.45, 2.75) is 19.0 Å². The van der Waals surface area contributed by atoms with E-state index in [1.807, 2.05) is 53.2 Å². The first-order valence-electron chi connectivity index (χ1n) is 11.2. The lowest BCUT2D eigenvalue weighted by atomic mass is 10.1. The summed E-state index contributed by atoms with van der Waals surface area (Å²) >= 11 is 0. The second-order valence-electron chi connectivity index (χ2n) is 8.13. The van der Waals surface area contributed by atoms with Gasteiger partial charge in [0.05, 0.1) is 11.4 Å². The van der Waals surface area contributed by atoms with Crippen molar-refractivity contribution in [2.75, 3.05) is 31.1 Å². The summed E-state index contributed by atoms with van der Waals surface area (Å²) in [7, 11) is 0. The van der Waals surface area contributed by atoms with Gasteiger partial charge in [-0.3, -0.25) is 9.88 Å². The topological polar surface area (TPSA) is 63.0 Å². The Morgan fingerprint density at radius 1 is 0.848 bits per heavy atom. The van der Waals surface area contributed by atoms with E-state index in [9.17, 15) is 4.39 Å². The zero-order chi connectivity index (χ0) is 22.5. The van der Waals surface area contributed by atoms with Gasteiger partial charge in [-0.15, -0.1) is 5.10 Å². The van der Waals surface area contributed by atoms with Gasteiger partial charge in [0.15, 0.2) is 5.82 Å². The Morgan fingerprint density at radius 3 is 2.36 bits per heavy atom. The summed E-state index contributed by atoms with van der Waals surface area (Å²) < 4.78 is 16.2. The Balaban J connectivity index is 1.37. The van der Waals surface area contributed by atoms with Gasteiger partial charge < -0.3 is 4.90 Å². The highest BCUT2D eigenvalue weighted by molar-refractivity contribution is 5.48. The molecule has 0 aliphatic carbocycles. The minimum atomic E-state index is -0.183.